The first kappa shape index (κ1) is 42.6. The van der Waals surface area contributed by atoms with Crippen LogP contribution in [0.3, 0.4) is 0 Å². The Hall–Kier alpha value is -2.56. The van der Waals surface area contributed by atoms with E-state index >= 15 is 0 Å². The van der Waals surface area contributed by atoms with Gasteiger partial charge in [-0.05, 0) is 110 Å². The second-order valence-electron chi connectivity index (χ2n) is 20.6. The van der Waals surface area contributed by atoms with Crippen LogP contribution in [0.25, 0.3) is 0 Å². The Morgan fingerprint density at radius 1 is 0.930 bits per heavy atom. The second kappa shape index (κ2) is 15.2. The van der Waals surface area contributed by atoms with Crippen LogP contribution in [0.1, 0.15) is 106 Å². The maximum absolute atomic E-state index is 14.8. The van der Waals surface area contributed by atoms with E-state index in [1.165, 1.54) is 5.57 Å². The van der Waals surface area contributed by atoms with E-state index in [1.807, 2.05) is 50.2 Å². The molecule has 0 spiro atoms. The number of carbonyl (C=O) groups is 1. The van der Waals surface area contributed by atoms with Crippen molar-refractivity contribution >= 4 is 16.0 Å². The van der Waals surface area contributed by atoms with Crippen molar-refractivity contribution in [2.75, 3.05) is 26.9 Å². The number of sulfonamides is 1. The molecule has 9 heteroatoms. The molecule has 1 unspecified atom stereocenters. The standard InChI is InChI=1S/C48H69NO7S/c1-32(2)33(3)44(6)25-26-46(8)36-21-22-39-45(7)30-54-31-48(39,37(36)23-24-47(46,9)40(44)42(50)55-28-34-17-13-11-14-18-34)27-38(53-10)41(45)56-29-43(4,5)49-57(51,52)35-19-15-12-16-20-35/h11-20,23,32-33,36,38-41,49H,21-22,24-31H2,1-10H3/t33-,36+,38-,39+,40-,41+,44-,45?,46-,47+,48+/m1/s1. The molecule has 0 amide bonds. The monoisotopic (exact) mass is 803 g/mol. The highest BCUT2D eigenvalue weighted by molar-refractivity contribution is 7.89. The van der Waals surface area contributed by atoms with E-state index in [0.717, 1.165) is 44.1 Å². The van der Waals surface area contributed by atoms with Crippen LogP contribution in [0.15, 0.2) is 77.2 Å². The first-order valence-electron chi connectivity index (χ1n) is 21.5. The molecule has 4 aliphatic carbocycles. The molecular weight excluding hydrogens is 735 g/mol. The van der Waals surface area contributed by atoms with Gasteiger partial charge in [0.05, 0.1) is 48.4 Å². The first-order valence-corrected chi connectivity index (χ1v) is 23.0. The van der Waals surface area contributed by atoms with Crippen LogP contribution >= 0.6 is 0 Å². The molecule has 4 fully saturated rings. The summed E-state index contributed by atoms with van der Waals surface area (Å²) in [4.78, 5) is 15.0. The Balaban J connectivity index is 1.19. The highest BCUT2D eigenvalue weighted by atomic mass is 32.2. The van der Waals surface area contributed by atoms with Gasteiger partial charge in [0.2, 0.25) is 10.0 Å². The van der Waals surface area contributed by atoms with Gasteiger partial charge in [0.1, 0.15) is 6.61 Å². The number of hydrogen-bond acceptors (Lipinski definition) is 7. The van der Waals surface area contributed by atoms with E-state index in [2.05, 4.69) is 59.3 Å². The van der Waals surface area contributed by atoms with Gasteiger partial charge in [0.25, 0.3) is 0 Å². The summed E-state index contributed by atoms with van der Waals surface area (Å²) in [6.07, 6.45) is 7.81. The zero-order chi connectivity index (χ0) is 41.2. The quantitative estimate of drug-likeness (QED) is 0.169. The van der Waals surface area contributed by atoms with Crippen molar-refractivity contribution in [3.8, 4) is 0 Å². The van der Waals surface area contributed by atoms with Crippen molar-refractivity contribution in [3.05, 3.63) is 77.9 Å². The van der Waals surface area contributed by atoms with Gasteiger partial charge >= 0.3 is 5.97 Å². The van der Waals surface area contributed by atoms with Crippen molar-refractivity contribution in [2.24, 2.45) is 56.7 Å². The molecular formula is C48H69NO7S. The lowest BCUT2D eigenvalue weighted by Gasteiger charge is -2.71. The number of ether oxygens (including phenoxy) is 4. The molecule has 3 saturated carbocycles. The lowest BCUT2D eigenvalue weighted by molar-refractivity contribution is -0.269. The van der Waals surface area contributed by atoms with Gasteiger partial charge in [-0.15, -0.1) is 0 Å². The Bertz CT molecular complexity index is 1920. The second-order valence-corrected chi connectivity index (χ2v) is 22.3. The highest BCUT2D eigenvalue weighted by Crippen LogP contribution is 2.75. The van der Waals surface area contributed by atoms with Crippen LogP contribution in [0.4, 0.5) is 0 Å². The van der Waals surface area contributed by atoms with E-state index in [1.54, 1.807) is 31.4 Å². The number of nitrogens with one attached hydrogen (secondary N) is 1. The number of esters is 1. The Morgan fingerprint density at radius 2 is 1.60 bits per heavy atom. The number of hydrogen-bond donors (Lipinski definition) is 1. The normalized spacial score (nSPS) is 38.3. The molecule has 1 heterocycles. The van der Waals surface area contributed by atoms with Gasteiger partial charge in [-0.2, -0.15) is 0 Å². The average molecular weight is 804 g/mol. The smallest absolute Gasteiger partial charge is 0.310 e. The summed E-state index contributed by atoms with van der Waals surface area (Å²) in [5.41, 5.74) is 0.487. The molecule has 0 radical (unpaired) electrons. The molecule has 11 atom stereocenters. The van der Waals surface area contributed by atoms with E-state index < -0.39 is 15.6 Å². The molecule has 1 aliphatic heterocycles. The Labute approximate surface area is 343 Å². The minimum atomic E-state index is -3.74. The molecule has 5 aliphatic rings. The predicted molar refractivity (Wildman–Crippen MR) is 224 cm³/mol. The molecule has 8 nitrogen and oxygen atoms in total. The molecule has 0 aromatic heterocycles. The maximum Gasteiger partial charge on any atom is 0.310 e. The van der Waals surface area contributed by atoms with Crippen molar-refractivity contribution < 1.29 is 32.2 Å². The Morgan fingerprint density at radius 3 is 2.25 bits per heavy atom. The average Bonchev–Trinajstić information content (AvgIpc) is 3.16. The number of methoxy groups -OCH3 is 1. The molecule has 2 aromatic carbocycles. The summed E-state index contributed by atoms with van der Waals surface area (Å²) in [6.45, 7) is 22.0. The van der Waals surface area contributed by atoms with Crippen LogP contribution in [-0.4, -0.2) is 59.1 Å². The van der Waals surface area contributed by atoms with E-state index in [9.17, 15) is 13.2 Å². The fourth-order valence-corrected chi connectivity index (χ4v) is 14.6. The number of benzene rings is 2. The van der Waals surface area contributed by atoms with Gasteiger partial charge in [-0.1, -0.05) is 109 Å². The molecule has 7 rings (SSSR count). The number of allylic oxidation sites excluding steroid dienone is 1. The summed E-state index contributed by atoms with van der Waals surface area (Å²) in [5, 5.41) is 0. The topological polar surface area (TPSA) is 100 Å². The molecule has 2 bridgehead atoms. The van der Waals surface area contributed by atoms with Gasteiger partial charge in [0.15, 0.2) is 0 Å². The van der Waals surface area contributed by atoms with E-state index in [-0.39, 0.29) is 69.3 Å². The zero-order valence-corrected chi connectivity index (χ0v) is 37.0. The summed E-state index contributed by atoms with van der Waals surface area (Å²) < 4.78 is 55.9. The lowest BCUT2D eigenvalue weighted by Crippen LogP contribution is -2.70. The molecule has 1 N–H and O–H groups in total. The fourth-order valence-electron chi connectivity index (χ4n) is 13.2. The van der Waals surface area contributed by atoms with Gasteiger partial charge < -0.3 is 18.9 Å². The maximum atomic E-state index is 14.8. The molecule has 57 heavy (non-hydrogen) atoms. The zero-order valence-electron chi connectivity index (χ0n) is 36.2. The van der Waals surface area contributed by atoms with Crippen LogP contribution in [0, 0.1) is 56.7 Å². The molecule has 2 aromatic rings. The molecule has 1 saturated heterocycles. The molecule has 314 valence electrons. The van der Waals surface area contributed by atoms with Crippen molar-refractivity contribution in [1.29, 1.82) is 0 Å². The third-order valence-electron chi connectivity index (χ3n) is 16.7. The number of carbonyl (C=O) groups excluding carboxylic acids is 1. The van der Waals surface area contributed by atoms with Gasteiger partial charge in [-0.25, -0.2) is 13.1 Å². The number of rotatable bonds is 12. The number of fused-ring (bicyclic) bond motifs is 3. The summed E-state index contributed by atoms with van der Waals surface area (Å²) >= 11 is 0. The fraction of sp³-hybridized carbons (Fsp3) is 0.688. The predicted octanol–water partition coefficient (Wildman–Crippen LogP) is 9.39. The summed E-state index contributed by atoms with van der Waals surface area (Å²) in [5.74, 6) is 1.11. The largest absolute Gasteiger partial charge is 0.461 e. The highest BCUT2D eigenvalue weighted by Gasteiger charge is 2.72. The van der Waals surface area contributed by atoms with Crippen molar-refractivity contribution in [3.63, 3.8) is 0 Å². The minimum absolute atomic E-state index is 0.0503. The summed E-state index contributed by atoms with van der Waals surface area (Å²) in [6, 6.07) is 18.6. The van der Waals surface area contributed by atoms with Crippen molar-refractivity contribution in [1.82, 2.24) is 4.72 Å². The van der Waals surface area contributed by atoms with Gasteiger partial charge in [-0.3, -0.25) is 4.79 Å². The third kappa shape index (κ3) is 6.97. The first-order chi connectivity index (χ1) is 26.8. The van der Waals surface area contributed by atoms with Crippen LogP contribution in [0.2, 0.25) is 0 Å². The third-order valence-corrected chi connectivity index (χ3v) is 18.4. The van der Waals surface area contributed by atoms with E-state index in [0.29, 0.717) is 36.9 Å². The summed E-state index contributed by atoms with van der Waals surface area (Å²) in [7, 11) is -1.95. The van der Waals surface area contributed by atoms with Crippen LogP contribution in [-0.2, 0) is 40.4 Å². The SMILES string of the molecule is CO[C@@H]1C[C@@]23COCC(C)([C@H]1OCC(C)(C)NS(=O)(=O)c1ccccc1)[C@@H]2CC[C@H]1C3=CC[C@@]2(C)[C@H](C(=O)OCc3ccccc3)[C@@](C)([C@H](C)C(C)C)CC[C@]12C. The minimum Gasteiger partial charge on any atom is -0.461 e. The van der Waals surface area contributed by atoms with E-state index in [4.69, 9.17) is 18.9 Å². The van der Waals surface area contributed by atoms with Crippen molar-refractivity contribution in [2.45, 2.75) is 130 Å². The lowest BCUT2D eigenvalue weighted by atomic mass is 9.34. The van der Waals surface area contributed by atoms with Crippen LogP contribution in [0.5, 0.6) is 0 Å². The Kier molecular flexibility index (Phi) is 11.3. The van der Waals surface area contributed by atoms with Crippen LogP contribution < -0.4 is 4.72 Å². The van der Waals surface area contributed by atoms with Gasteiger partial charge in [0, 0.05) is 17.9 Å².